The molecule has 1 aliphatic heterocycles. The van der Waals surface area contributed by atoms with E-state index in [1.54, 1.807) is 23.4 Å². The predicted molar refractivity (Wildman–Crippen MR) is 116 cm³/mol. The molecule has 0 spiro atoms. The number of rotatable bonds is 8. The normalized spacial score (nSPS) is 22.9. The van der Waals surface area contributed by atoms with Gasteiger partial charge in [-0.3, -0.25) is 24.0 Å². The molecular weight excluding hydrogens is 398 g/mol. The van der Waals surface area contributed by atoms with Crippen LogP contribution in [0.25, 0.3) is 10.9 Å². The molecule has 2 aromatic rings. The maximum absolute atomic E-state index is 13.2. The summed E-state index contributed by atoms with van der Waals surface area (Å²) in [4.78, 5) is 43.7. The number of amides is 2. The van der Waals surface area contributed by atoms with E-state index in [9.17, 15) is 14.4 Å². The van der Waals surface area contributed by atoms with Gasteiger partial charge in [-0.15, -0.1) is 0 Å². The minimum absolute atomic E-state index is 0.0304. The fourth-order valence-corrected chi connectivity index (χ4v) is 5.83. The number of hydrogen-bond acceptors (Lipinski definition) is 5. The van der Waals surface area contributed by atoms with E-state index in [-0.39, 0.29) is 36.0 Å². The highest BCUT2D eigenvalue weighted by Gasteiger charge is 2.55. The number of aromatic nitrogens is 3. The molecule has 1 aliphatic carbocycles. The van der Waals surface area contributed by atoms with Gasteiger partial charge in [-0.1, -0.05) is 25.7 Å². The zero-order valence-electron chi connectivity index (χ0n) is 17.8. The zero-order valence-corrected chi connectivity index (χ0v) is 18.8. The summed E-state index contributed by atoms with van der Waals surface area (Å²) >= 11 is 0. The number of Topliss-reactive ketones (excluding diaryl/α,β-unsaturated/α-hetero) is 1. The molecule has 1 saturated heterocycles. The molecule has 160 valence electrons. The van der Waals surface area contributed by atoms with Crippen LogP contribution >= 0.6 is 0 Å². The maximum atomic E-state index is 13.2. The highest BCUT2D eigenvalue weighted by atomic mass is 28.3. The Morgan fingerprint density at radius 1 is 1.23 bits per heavy atom. The Labute approximate surface area is 176 Å². The van der Waals surface area contributed by atoms with Crippen LogP contribution in [0.5, 0.6) is 0 Å². The number of carbonyl (C=O) groups excluding carboxylic acids is 3. The number of likely N-dealkylation sites (tertiary alicyclic amines) is 1. The molecule has 1 saturated carbocycles. The molecule has 8 nitrogen and oxygen atoms in total. The van der Waals surface area contributed by atoms with E-state index in [4.69, 9.17) is 5.73 Å². The number of nitrogens with two attached hydrogens (primary N) is 1. The van der Waals surface area contributed by atoms with Gasteiger partial charge >= 0.3 is 0 Å². The third-order valence-corrected chi connectivity index (χ3v) is 8.04. The van der Waals surface area contributed by atoms with Gasteiger partial charge in [0.25, 0.3) is 5.91 Å². The summed E-state index contributed by atoms with van der Waals surface area (Å²) in [6.07, 6.45) is 6.32. The fraction of sp³-hybridized carbons (Fsp3) is 0.571. The highest BCUT2D eigenvalue weighted by molar-refractivity contribution is 6.76. The van der Waals surface area contributed by atoms with E-state index in [2.05, 4.69) is 29.7 Å². The van der Waals surface area contributed by atoms with Gasteiger partial charge in [-0.05, 0) is 31.2 Å². The monoisotopic (exact) mass is 427 g/mol. The van der Waals surface area contributed by atoms with Crippen molar-refractivity contribution in [3.8, 4) is 0 Å². The Hall–Kier alpha value is -2.55. The summed E-state index contributed by atoms with van der Waals surface area (Å²) in [7, 11) is -1.18. The standard InChI is InChI=1S/C21H29N5O3Si/c1-30(2,3)8-4-5-18(27)16-10-13-9-15(13)26(16)19(28)12-25-17-11-23-7-6-14(17)20(24-25)21(22)29/h6-7,11,13,15-16H,4-5,8-10,12H2,1-3H3,(H2,22,29)/t13-,15-,16+/m1/s1. The molecule has 0 aromatic carbocycles. The molecule has 0 unspecified atom stereocenters. The molecule has 4 rings (SSSR count). The first-order valence-electron chi connectivity index (χ1n) is 10.6. The topological polar surface area (TPSA) is 111 Å². The van der Waals surface area contributed by atoms with Gasteiger partial charge in [-0.2, -0.15) is 5.10 Å². The lowest BCUT2D eigenvalue weighted by Gasteiger charge is -2.27. The largest absolute Gasteiger partial charge is 0.364 e. The molecule has 2 aromatic heterocycles. The number of hydrogen-bond donors (Lipinski definition) is 1. The van der Waals surface area contributed by atoms with E-state index in [1.165, 1.54) is 4.68 Å². The van der Waals surface area contributed by atoms with Gasteiger partial charge in [-0.25, -0.2) is 0 Å². The Kier molecular flexibility index (Phi) is 5.25. The number of pyridine rings is 1. The van der Waals surface area contributed by atoms with Crippen LogP contribution in [-0.4, -0.2) is 57.4 Å². The van der Waals surface area contributed by atoms with E-state index < -0.39 is 14.0 Å². The molecule has 2 aliphatic rings. The fourth-order valence-electron chi connectivity index (χ4n) is 4.59. The molecule has 2 N–H and O–H groups in total. The minimum Gasteiger partial charge on any atom is -0.364 e. The molecular formula is C21H29N5O3Si. The number of primary amides is 1. The summed E-state index contributed by atoms with van der Waals surface area (Å²) in [5, 5.41) is 4.84. The van der Waals surface area contributed by atoms with Crippen LogP contribution in [0.3, 0.4) is 0 Å². The Morgan fingerprint density at radius 2 is 2.00 bits per heavy atom. The maximum Gasteiger partial charge on any atom is 0.269 e. The van der Waals surface area contributed by atoms with Gasteiger partial charge in [0.2, 0.25) is 5.91 Å². The van der Waals surface area contributed by atoms with Crippen molar-refractivity contribution in [1.29, 1.82) is 0 Å². The van der Waals surface area contributed by atoms with Gasteiger partial charge in [0.05, 0.1) is 17.8 Å². The zero-order chi connectivity index (χ0) is 21.6. The van der Waals surface area contributed by atoms with E-state index in [1.807, 2.05) is 0 Å². The van der Waals surface area contributed by atoms with E-state index in [0.717, 1.165) is 25.3 Å². The third kappa shape index (κ3) is 4.03. The van der Waals surface area contributed by atoms with Gasteiger partial charge in [0.15, 0.2) is 11.5 Å². The van der Waals surface area contributed by atoms with Crippen molar-refractivity contribution in [3.05, 3.63) is 24.2 Å². The second-order valence-corrected chi connectivity index (χ2v) is 15.4. The second kappa shape index (κ2) is 7.61. The van der Waals surface area contributed by atoms with Gasteiger partial charge in [0.1, 0.15) is 6.54 Å². The molecule has 3 atom stereocenters. The van der Waals surface area contributed by atoms with Crippen LogP contribution in [0.2, 0.25) is 25.7 Å². The molecule has 3 heterocycles. The number of piperidine rings is 1. The lowest BCUT2D eigenvalue weighted by atomic mass is 10.0. The summed E-state index contributed by atoms with van der Waals surface area (Å²) in [5.74, 6) is -0.153. The van der Waals surface area contributed by atoms with Gasteiger partial charge in [0, 0.05) is 32.1 Å². The average Bonchev–Trinajstić information content (AvgIpc) is 3.17. The van der Waals surface area contributed by atoms with E-state index >= 15 is 0 Å². The van der Waals surface area contributed by atoms with Crippen molar-refractivity contribution in [2.45, 2.75) is 70.0 Å². The molecule has 0 bridgehead atoms. The highest BCUT2D eigenvalue weighted by Crippen LogP contribution is 2.48. The van der Waals surface area contributed by atoms with Crippen molar-refractivity contribution in [2.24, 2.45) is 11.7 Å². The quantitative estimate of drug-likeness (QED) is 0.649. The molecule has 2 fully saturated rings. The molecule has 30 heavy (non-hydrogen) atoms. The van der Waals surface area contributed by atoms with Crippen LogP contribution < -0.4 is 5.73 Å². The van der Waals surface area contributed by atoms with Crippen molar-refractivity contribution >= 4 is 36.6 Å². The van der Waals surface area contributed by atoms with Crippen molar-refractivity contribution in [3.63, 3.8) is 0 Å². The van der Waals surface area contributed by atoms with Gasteiger partial charge < -0.3 is 10.6 Å². The summed E-state index contributed by atoms with van der Waals surface area (Å²) in [6, 6.07) is 2.63. The van der Waals surface area contributed by atoms with Crippen LogP contribution in [0.4, 0.5) is 0 Å². The number of fused-ring (bicyclic) bond motifs is 2. The summed E-state index contributed by atoms with van der Waals surface area (Å²) in [5.41, 5.74) is 6.16. The SMILES string of the molecule is C[Si](C)(C)CCCC(=O)[C@@H]1C[C@H]2C[C@H]2N1C(=O)Cn1nc(C(N)=O)c2ccncc21. The first kappa shape index (κ1) is 20.7. The van der Waals surface area contributed by atoms with Crippen LogP contribution in [-0.2, 0) is 16.1 Å². The Bertz CT molecular complexity index is 1010. The smallest absolute Gasteiger partial charge is 0.269 e. The lowest BCUT2D eigenvalue weighted by molar-refractivity contribution is -0.139. The molecule has 9 heteroatoms. The minimum atomic E-state index is -1.18. The number of nitrogens with zero attached hydrogens (tertiary/aromatic N) is 4. The number of ketones is 1. The van der Waals surface area contributed by atoms with Crippen LogP contribution in [0.15, 0.2) is 18.5 Å². The average molecular weight is 428 g/mol. The Morgan fingerprint density at radius 3 is 2.70 bits per heavy atom. The predicted octanol–water partition coefficient (Wildman–Crippen LogP) is 2.21. The summed E-state index contributed by atoms with van der Waals surface area (Å²) < 4.78 is 1.48. The summed E-state index contributed by atoms with van der Waals surface area (Å²) in [6.45, 7) is 6.89. The Balaban J connectivity index is 1.49. The molecule has 0 radical (unpaired) electrons. The second-order valence-electron chi connectivity index (χ2n) is 9.76. The van der Waals surface area contributed by atoms with Crippen molar-refractivity contribution < 1.29 is 14.4 Å². The first-order chi connectivity index (χ1) is 14.2. The van der Waals surface area contributed by atoms with Crippen molar-refractivity contribution in [2.75, 3.05) is 0 Å². The van der Waals surface area contributed by atoms with E-state index in [0.29, 0.717) is 23.2 Å². The lowest BCUT2D eigenvalue weighted by Crippen LogP contribution is -2.44. The van der Waals surface area contributed by atoms with Crippen LogP contribution in [0, 0.1) is 5.92 Å². The number of carbonyl (C=O) groups is 3. The first-order valence-corrected chi connectivity index (χ1v) is 14.3. The third-order valence-electron chi connectivity index (χ3n) is 6.19. The van der Waals surface area contributed by atoms with Crippen molar-refractivity contribution in [1.82, 2.24) is 19.7 Å². The molecule has 2 amide bonds. The van der Waals surface area contributed by atoms with Crippen LogP contribution in [0.1, 0.15) is 36.2 Å².